The molecule has 23 heavy (non-hydrogen) atoms. The van der Waals surface area contributed by atoms with Crippen molar-refractivity contribution in [3.05, 3.63) is 41.0 Å². The predicted molar refractivity (Wildman–Crippen MR) is 70.1 cm³/mol. The highest BCUT2D eigenvalue weighted by Gasteiger charge is 2.46. The van der Waals surface area contributed by atoms with Gasteiger partial charge in [-0.2, -0.15) is 26.3 Å². The van der Waals surface area contributed by atoms with E-state index in [-0.39, 0.29) is 23.1 Å². The number of hydrogen-bond acceptors (Lipinski definition) is 2. The lowest BCUT2D eigenvalue weighted by Gasteiger charge is -2.19. The second kappa shape index (κ2) is 5.86. The van der Waals surface area contributed by atoms with Crippen LogP contribution in [-0.4, -0.2) is 14.8 Å². The Kier molecular flexibility index (Phi) is 4.41. The smallest absolute Gasteiger partial charge is 0.267 e. The Morgan fingerprint density at radius 3 is 1.52 bits per heavy atom. The Bertz CT molecular complexity index is 646. The number of alkyl halides is 6. The monoisotopic (exact) mass is 337 g/mol. The van der Waals surface area contributed by atoms with Crippen LogP contribution in [0.3, 0.4) is 0 Å². The zero-order valence-electron chi connectivity index (χ0n) is 12.3. The molecule has 9 heteroatoms. The third-order valence-corrected chi connectivity index (χ3v) is 3.36. The SMILES string of the molecule is CCc1cccc(CC)c1-n1c(C(F)(F)F)nnc1C(F)(F)F. The number of hydrogen-bond donors (Lipinski definition) is 0. The van der Waals surface area contributed by atoms with Gasteiger partial charge in [-0.05, 0) is 24.0 Å². The second-order valence-corrected chi connectivity index (χ2v) is 4.81. The Balaban J connectivity index is 2.90. The maximum absolute atomic E-state index is 13.1. The van der Waals surface area contributed by atoms with E-state index < -0.39 is 24.0 Å². The lowest BCUT2D eigenvalue weighted by molar-refractivity contribution is -0.153. The Morgan fingerprint density at radius 1 is 0.826 bits per heavy atom. The Labute approximate surface area is 127 Å². The van der Waals surface area contributed by atoms with Gasteiger partial charge >= 0.3 is 12.4 Å². The highest BCUT2D eigenvalue weighted by atomic mass is 19.4. The van der Waals surface area contributed by atoms with Gasteiger partial charge in [-0.3, -0.25) is 4.57 Å². The van der Waals surface area contributed by atoms with Crippen molar-refractivity contribution >= 4 is 0 Å². The lowest BCUT2D eigenvalue weighted by atomic mass is 10.0. The number of aryl methyl sites for hydroxylation is 2. The van der Waals surface area contributed by atoms with Crippen molar-refractivity contribution in [2.75, 3.05) is 0 Å². The topological polar surface area (TPSA) is 30.7 Å². The van der Waals surface area contributed by atoms with Crippen LogP contribution in [0.15, 0.2) is 18.2 Å². The van der Waals surface area contributed by atoms with Crippen LogP contribution < -0.4 is 0 Å². The van der Waals surface area contributed by atoms with Gasteiger partial charge in [-0.25, -0.2) is 0 Å². The minimum absolute atomic E-state index is 0.0810. The molecule has 0 atom stereocenters. The molecule has 2 rings (SSSR count). The minimum atomic E-state index is -5.05. The van der Waals surface area contributed by atoms with Gasteiger partial charge in [0, 0.05) is 0 Å². The molecule has 0 aliphatic rings. The van der Waals surface area contributed by atoms with Gasteiger partial charge in [0.1, 0.15) is 0 Å². The van der Waals surface area contributed by atoms with Crippen LogP contribution >= 0.6 is 0 Å². The number of halogens is 6. The maximum Gasteiger partial charge on any atom is 0.452 e. The number of para-hydroxylation sites is 1. The maximum atomic E-state index is 13.1. The van der Waals surface area contributed by atoms with Crippen LogP contribution in [0.2, 0.25) is 0 Å². The molecule has 0 fully saturated rings. The summed E-state index contributed by atoms with van der Waals surface area (Å²) >= 11 is 0. The first kappa shape index (κ1) is 17.3. The molecular formula is C14H13F6N3. The minimum Gasteiger partial charge on any atom is -0.267 e. The summed E-state index contributed by atoms with van der Waals surface area (Å²) in [5, 5.41) is 5.50. The van der Waals surface area contributed by atoms with Crippen LogP contribution in [0.25, 0.3) is 5.69 Å². The van der Waals surface area contributed by atoms with Gasteiger partial charge in [0.05, 0.1) is 5.69 Å². The average Bonchev–Trinajstić information content (AvgIpc) is 2.90. The normalized spacial score (nSPS) is 12.7. The van der Waals surface area contributed by atoms with Crippen molar-refractivity contribution in [2.24, 2.45) is 0 Å². The lowest BCUT2D eigenvalue weighted by Crippen LogP contribution is -2.21. The first-order valence-electron chi connectivity index (χ1n) is 6.82. The summed E-state index contributed by atoms with van der Waals surface area (Å²) in [7, 11) is 0. The van der Waals surface area contributed by atoms with Gasteiger partial charge in [0.25, 0.3) is 0 Å². The number of aromatic nitrogens is 3. The van der Waals surface area contributed by atoms with Gasteiger partial charge < -0.3 is 0 Å². The fraction of sp³-hybridized carbons (Fsp3) is 0.429. The van der Waals surface area contributed by atoms with Crippen LogP contribution in [-0.2, 0) is 25.2 Å². The van der Waals surface area contributed by atoms with Gasteiger partial charge in [0.15, 0.2) is 0 Å². The first-order chi connectivity index (χ1) is 10.6. The Hall–Kier alpha value is -2.06. The summed E-state index contributed by atoms with van der Waals surface area (Å²) in [6.07, 6.45) is -9.56. The average molecular weight is 337 g/mol. The van der Waals surface area contributed by atoms with E-state index >= 15 is 0 Å². The molecule has 0 unspecified atom stereocenters. The first-order valence-corrected chi connectivity index (χ1v) is 6.82. The molecule has 0 radical (unpaired) electrons. The van der Waals surface area contributed by atoms with Crippen molar-refractivity contribution in [3.8, 4) is 5.69 Å². The van der Waals surface area contributed by atoms with E-state index in [2.05, 4.69) is 10.2 Å². The van der Waals surface area contributed by atoms with Crippen LogP contribution in [0.4, 0.5) is 26.3 Å². The summed E-state index contributed by atoms with van der Waals surface area (Å²) in [5.41, 5.74) is 0.572. The number of benzene rings is 1. The molecule has 0 bridgehead atoms. The zero-order chi connectivity index (χ0) is 17.4. The Morgan fingerprint density at radius 2 is 1.22 bits per heavy atom. The van der Waals surface area contributed by atoms with Crippen LogP contribution in [0, 0.1) is 0 Å². The molecule has 0 saturated heterocycles. The molecule has 1 heterocycles. The van der Waals surface area contributed by atoms with Crippen LogP contribution in [0.5, 0.6) is 0 Å². The molecule has 1 aromatic heterocycles. The molecule has 2 aromatic rings. The van der Waals surface area contributed by atoms with Gasteiger partial charge in [0.2, 0.25) is 11.6 Å². The molecule has 126 valence electrons. The van der Waals surface area contributed by atoms with Crippen molar-refractivity contribution in [1.82, 2.24) is 14.8 Å². The number of rotatable bonds is 3. The van der Waals surface area contributed by atoms with E-state index in [4.69, 9.17) is 0 Å². The van der Waals surface area contributed by atoms with E-state index in [1.165, 1.54) is 12.1 Å². The molecule has 1 aromatic carbocycles. The summed E-state index contributed by atoms with van der Waals surface area (Å²) in [4.78, 5) is 0. The van der Waals surface area contributed by atoms with Crippen molar-refractivity contribution < 1.29 is 26.3 Å². The third-order valence-electron chi connectivity index (χ3n) is 3.36. The predicted octanol–water partition coefficient (Wildman–Crippen LogP) is 4.43. The molecule has 0 amide bonds. The fourth-order valence-corrected chi connectivity index (χ4v) is 2.37. The highest BCUT2D eigenvalue weighted by Crippen LogP contribution is 2.37. The summed E-state index contributed by atoms with van der Waals surface area (Å²) in [6.45, 7) is 3.31. The standard InChI is InChI=1S/C14H13F6N3/c1-3-8-6-5-7-9(4-2)10(8)23-11(13(15,16)17)21-22-12(23)14(18,19)20/h5-7H,3-4H2,1-2H3. The number of nitrogens with zero attached hydrogens (tertiary/aromatic N) is 3. The van der Waals surface area contributed by atoms with E-state index in [1.54, 1.807) is 19.9 Å². The second-order valence-electron chi connectivity index (χ2n) is 4.81. The molecule has 0 aliphatic carbocycles. The van der Waals surface area contributed by atoms with Crippen molar-refractivity contribution in [2.45, 2.75) is 39.0 Å². The molecular weight excluding hydrogens is 324 g/mol. The van der Waals surface area contributed by atoms with E-state index in [9.17, 15) is 26.3 Å². The van der Waals surface area contributed by atoms with E-state index in [0.29, 0.717) is 11.1 Å². The largest absolute Gasteiger partial charge is 0.452 e. The molecule has 0 N–H and O–H groups in total. The van der Waals surface area contributed by atoms with Crippen molar-refractivity contribution in [3.63, 3.8) is 0 Å². The van der Waals surface area contributed by atoms with Crippen LogP contribution in [0.1, 0.15) is 36.6 Å². The van der Waals surface area contributed by atoms with E-state index in [1.807, 2.05) is 0 Å². The molecule has 3 nitrogen and oxygen atoms in total. The summed E-state index contributed by atoms with van der Waals surface area (Å²) in [5.74, 6) is -3.36. The molecule has 0 spiro atoms. The zero-order valence-corrected chi connectivity index (χ0v) is 12.3. The van der Waals surface area contributed by atoms with E-state index in [0.717, 1.165) is 0 Å². The summed E-state index contributed by atoms with van der Waals surface area (Å²) < 4.78 is 78.8. The quantitative estimate of drug-likeness (QED) is 0.776. The molecule has 0 saturated carbocycles. The molecule has 0 aliphatic heterocycles. The van der Waals surface area contributed by atoms with Gasteiger partial charge in [-0.15, -0.1) is 10.2 Å². The van der Waals surface area contributed by atoms with Gasteiger partial charge in [-0.1, -0.05) is 32.0 Å². The summed E-state index contributed by atoms with van der Waals surface area (Å²) in [6, 6.07) is 4.59. The van der Waals surface area contributed by atoms with Crippen molar-refractivity contribution in [1.29, 1.82) is 0 Å². The third kappa shape index (κ3) is 3.18. The highest BCUT2D eigenvalue weighted by molar-refractivity contribution is 5.50. The fourth-order valence-electron chi connectivity index (χ4n) is 2.37.